The Morgan fingerprint density at radius 2 is 2.24 bits per heavy atom. The highest BCUT2D eigenvalue weighted by Crippen LogP contribution is 2.28. The number of hydrogen-bond acceptors (Lipinski definition) is 3. The van der Waals surface area contributed by atoms with E-state index < -0.39 is 11.9 Å². The van der Waals surface area contributed by atoms with Crippen molar-refractivity contribution in [1.82, 2.24) is 4.90 Å². The van der Waals surface area contributed by atoms with Crippen molar-refractivity contribution in [2.24, 2.45) is 5.92 Å². The Labute approximate surface area is 122 Å². The molecule has 112 valence electrons. The fourth-order valence-corrected chi connectivity index (χ4v) is 2.79. The molecule has 1 aromatic rings. The zero-order chi connectivity index (χ0) is 14.8. The summed E-state index contributed by atoms with van der Waals surface area (Å²) in [4.78, 5) is 24.6. The second-order valence-electron chi connectivity index (χ2n) is 5.47. The van der Waals surface area contributed by atoms with Crippen LogP contribution in [0, 0.1) is 5.92 Å². The largest absolute Gasteiger partial charge is 0.493 e. The number of hydrogen-bond donors (Lipinski definition) is 2. The highest BCUT2D eigenvalue weighted by molar-refractivity contribution is 5.90. The lowest BCUT2D eigenvalue weighted by atomic mass is 10.1. The van der Waals surface area contributed by atoms with Crippen molar-refractivity contribution in [2.75, 3.05) is 25.0 Å². The molecule has 2 aliphatic heterocycles. The van der Waals surface area contributed by atoms with Gasteiger partial charge in [-0.3, -0.25) is 4.79 Å². The van der Waals surface area contributed by atoms with E-state index in [1.807, 2.05) is 18.2 Å². The van der Waals surface area contributed by atoms with Crippen LogP contribution in [0.2, 0.25) is 0 Å². The average molecular weight is 290 g/mol. The third-order valence-electron chi connectivity index (χ3n) is 3.98. The number of carbonyl (C=O) groups excluding carboxylic acids is 1. The van der Waals surface area contributed by atoms with Gasteiger partial charge >= 0.3 is 12.0 Å². The molecule has 6 nitrogen and oxygen atoms in total. The summed E-state index contributed by atoms with van der Waals surface area (Å²) in [7, 11) is 0. The normalized spacial score (nSPS) is 20.6. The Bertz CT molecular complexity index is 573. The van der Waals surface area contributed by atoms with Gasteiger partial charge in [-0.1, -0.05) is 0 Å². The number of nitrogens with one attached hydrogen (secondary N) is 1. The highest BCUT2D eigenvalue weighted by Gasteiger charge is 2.30. The first-order valence-electron chi connectivity index (χ1n) is 7.18. The molecule has 0 aromatic heterocycles. The molecular weight excluding hydrogens is 272 g/mol. The topological polar surface area (TPSA) is 78.9 Å². The minimum atomic E-state index is -0.837. The Morgan fingerprint density at radius 1 is 1.38 bits per heavy atom. The molecule has 2 N–H and O–H groups in total. The van der Waals surface area contributed by atoms with Crippen LogP contribution < -0.4 is 10.1 Å². The Kier molecular flexibility index (Phi) is 3.68. The van der Waals surface area contributed by atoms with E-state index in [-0.39, 0.29) is 12.6 Å². The van der Waals surface area contributed by atoms with Crippen molar-refractivity contribution < 1.29 is 19.4 Å². The summed E-state index contributed by atoms with van der Waals surface area (Å²) in [6, 6.07) is 5.37. The summed E-state index contributed by atoms with van der Waals surface area (Å²) in [5.41, 5.74) is 1.83. The molecule has 6 heteroatoms. The van der Waals surface area contributed by atoms with Crippen LogP contribution in [-0.4, -0.2) is 41.7 Å². The van der Waals surface area contributed by atoms with E-state index in [4.69, 9.17) is 9.84 Å². The second-order valence-corrected chi connectivity index (χ2v) is 5.47. The van der Waals surface area contributed by atoms with E-state index in [1.165, 1.54) is 0 Å². The quantitative estimate of drug-likeness (QED) is 0.872. The van der Waals surface area contributed by atoms with Crippen molar-refractivity contribution in [3.8, 4) is 5.75 Å². The zero-order valence-electron chi connectivity index (χ0n) is 11.7. The maximum absolute atomic E-state index is 12.1. The highest BCUT2D eigenvalue weighted by atomic mass is 16.5. The number of ether oxygens (including phenoxy) is 1. The van der Waals surface area contributed by atoms with E-state index in [9.17, 15) is 9.59 Å². The molecule has 0 radical (unpaired) electrons. The first kappa shape index (κ1) is 13.7. The van der Waals surface area contributed by atoms with Crippen LogP contribution in [0.15, 0.2) is 18.2 Å². The van der Waals surface area contributed by atoms with Crippen molar-refractivity contribution >= 4 is 17.7 Å². The van der Waals surface area contributed by atoms with Gasteiger partial charge in [-0.25, -0.2) is 4.79 Å². The van der Waals surface area contributed by atoms with Gasteiger partial charge in [0.25, 0.3) is 0 Å². The number of aliphatic carboxylic acids is 1. The number of amides is 2. The van der Waals surface area contributed by atoms with Crippen molar-refractivity contribution in [3.05, 3.63) is 23.8 Å². The van der Waals surface area contributed by atoms with Crippen molar-refractivity contribution in [1.29, 1.82) is 0 Å². The van der Waals surface area contributed by atoms with E-state index >= 15 is 0 Å². The van der Waals surface area contributed by atoms with Crippen LogP contribution in [0.4, 0.5) is 10.5 Å². The minimum Gasteiger partial charge on any atom is -0.493 e. The number of urea groups is 1. The third kappa shape index (κ3) is 2.94. The smallest absolute Gasteiger partial charge is 0.321 e. The number of anilines is 1. The molecule has 2 heterocycles. The maximum Gasteiger partial charge on any atom is 0.321 e. The Morgan fingerprint density at radius 3 is 3.00 bits per heavy atom. The fraction of sp³-hybridized carbons (Fsp3) is 0.467. The van der Waals surface area contributed by atoms with Crippen LogP contribution in [0.25, 0.3) is 0 Å². The maximum atomic E-state index is 12.1. The lowest BCUT2D eigenvalue weighted by Gasteiger charge is -2.20. The molecule has 1 aromatic carbocycles. The first-order chi connectivity index (χ1) is 10.1. The third-order valence-corrected chi connectivity index (χ3v) is 3.98. The van der Waals surface area contributed by atoms with Crippen LogP contribution in [0.5, 0.6) is 5.75 Å². The predicted molar refractivity (Wildman–Crippen MR) is 76.6 cm³/mol. The standard InChI is InChI=1S/C15H18N2O4/c18-14(19)11-5-6-17(9-11)15(20)16-12-3-4-13-10(8-12)2-1-7-21-13/h3-4,8,11H,1-2,5-7,9H2,(H,16,20)(H,18,19). The number of fused-ring (bicyclic) bond motifs is 1. The Hall–Kier alpha value is -2.24. The number of carboxylic acid groups (broad SMARTS) is 1. The average Bonchev–Trinajstić information content (AvgIpc) is 2.97. The molecule has 2 amide bonds. The second kappa shape index (κ2) is 5.63. The summed E-state index contributed by atoms with van der Waals surface area (Å²) in [5, 5.41) is 11.8. The number of carbonyl (C=O) groups is 2. The van der Waals surface area contributed by atoms with E-state index in [0.717, 1.165) is 36.4 Å². The van der Waals surface area contributed by atoms with Crippen LogP contribution in [0.1, 0.15) is 18.4 Å². The van der Waals surface area contributed by atoms with Crippen LogP contribution in [0.3, 0.4) is 0 Å². The molecule has 2 aliphatic rings. The summed E-state index contributed by atoms with van der Waals surface area (Å²) in [6.45, 7) is 1.50. The van der Waals surface area contributed by atoms with Gasteiger partial charge in [0, 0.05) is 18.8 Å². The fourth-order valence-electron chi connectivity index (χ4n) is 2.79. The number of rotatable bonds is 2. The molecule has 3 rings (SSSR count). The molecule has 1 saturated heterocycles. The molecule has 0 aliphatic carbocycles. The summed E-state index contributed by atoms with van der Waals surface area (Å²) in [6.07, 6.45) is 2.45. The molecule has 1 fully saturated rings. The predicted octanol–water partition coefficient (Wildman–Crippen LogP) is 1.95. The SMILES string of the molecule is O=C(O)C1CCN(C(=O)Nc2ccc3c(c2)CCCO3)C1. The van der Waals surface area contributed by atoms with Gasteiger partial charge in [0.05, 0.1) is 12.5 Å². The lowest BCUT2D eigenvalue weighted by molar-refractivity contribution is -0.141. The van der Waals surface area contributed by atoms with Crippen LogP contribution in [-0.2, 0) is 11.2 Å². The lowest BCUT2D eigenvalue weighted by Crippen LogP contribution is -2.33. The van der Waals surface area contributed by atoms with Gasteiger partial charge in [-0.05, 0) is 43.0 Å². The molecular formula is C15H18N2O4. The molecule has 1 atom stereocenters. The monoisotopic (exact) mass is 290 g/mol. The molecule has 0 spiro atoms. The van der Waals surface area contributed by atoms with E-state index in [1.54, 1.807) is 4.90 Å². The summed E-state index contributed by atoms with van der Waals surface area (Å²) < 4.78 is 5.54. The minimum absolute atomic E-state index is 0.240. The van der Waals surface area contributed by atoms with Crippen LogP contribution >= 0.6 is 0 Å². The number of aryl methyl sites for hydroxylation is 1. The van der Waals surface area contributed by atoms with Crippen molar-refractivity contribution in [2.45, 2.75) is 19.3 Å². The molecule has 0 saturated carbocycles. The van der Waals surface area contributed by atoms with Gasteiger partial charge in [0.15, 0.2) is 0 Å². The molecule has 1 unspecified atom stereocenters. The molecule has 21 heavy (non-hydrogen) atoms. The number of likely N-dealkylation sites (tertiary alicyclic amines) is 1. The first-order valence-corrected chi connectivity index (χ1v) is 7.18. The molecule has 0 bridgehead atoms. The van der Waals surface area contributed by atoms with Crippen molar-refractivity contribution in [3.63, 3.8) is 0 Å². The number of carboxylic acids is 1. The van der Waals surface area contributed by atoms with E-state index in [0.29, 0.717) is 13.0 Å². The van der Waals surface area contributed by atoms with Gasteiger partial charge in [0.2, 0.25) is 0 Å². The van der Waals surface area contributed by atoms with Gasteiger partial charge < -0.3 is 20.1 Å². The van der Waals surface area contributed by atoms with Gasteiger partial charge in [0.1, 0.15) is 5.75 Å². The van der Waals surface area contributed by atoms with Gasteiger partial charge in [-0.15, -0.1) is 0 Å². The zero-order valence-corrected chi connectivity index (χ0v) is 11.7. The Balaban J connectivity index is 1.64. The van der Waals surface area contributed by atoms with Gasteiger partial charge in [-0.2, -0.15) is 0 Å². The summed E-state index contributed by atoms with van der Waals surface area (Å²) >= 11 is 0. The number of nitrogens with zero attached hydrogens (tertiary/aromatic N) is 1. The number of benzene rings is 1. The van der Waals surface area contributed by atoms with E-state index in [2.05, 4.69) is 5.32 Å². The summed E-state index contributed by atoms with van der Waals surface area (Å²) in [5.74, 6) is -0.407.